The number of hydrogen-bond acceptors (Lipinski definition) is 1. The smallest absolute Gasteiger partial charge is 0.0658 e. The molecule has 3 atom stereocenters. The van der Waals surface area contributed by atoms with Crippen LogP contribution in [0, 0.1) is 29.1 Å². The summed E-state index contributed by atoms with van der Waals surface area (Å²) in [6, 6.07) is 2.50. The second-order valence-corrected chi connectivity index (χ2v) is 4.37. The van der Waals surface area contributed by atoms with E-state index in [0.717, 1.165) is 11.8 Å². The van der Waals surface area contributed by atoms with Gasteiger partial charge in [0.15, 0.2) is 0 Å². The van der Waals surface area contributed by atoms with Gasteiger partial charge in [-0.1, -0.05) is 32.1 Å². The Kier molecular flexibility index (Phi) is 2.35. The van der Waals surface area contributed by atoms with Crippen LogP contribution in [0.3, 0.4) is 0 Å². The summed E-state index contributed by atoms with van der Waals surface area (Å²) in [7, 11) is 0. The van der Waals surface area contributed by atoms with Crippen molar-refractivity contribution in [3.8, 4) is 6.07 Å². The number of rotatable bonds is 0. The number of hydrogen-bond donors (Lipinski definition) is 0. The van der Waals surface area contributed by atoms with Crippen LogP contribution in [0.25, 0.3) is 0 Å². The van der Waals surface area contributed by atoms with Crippen molar-refractivity contribution in [2.24, 2.45) is 17.8 Å². The summed E-state index contributed by atoms with van der Waals surface area (Å²) in [5, 5.41) is 8.98. The topological polar surface area (TPSA) is 23.8 Å². The van der Waals surface area contributed by atoms with Gasteiger partial charge >= 0.3 is 0 Å². The average Bonchev–Trinajstić information content (AvgIpc) is 2.17. The fourth-order valence-electron chi connectivity index (χ4n) is 3.10. The van der Waals surface area contributed by atoms with Gasteiger partial charge in [0.2, 0.25) is 0 Å². The van der Waals surface area contributed by atoms with Crippen molar-refractivity contribution in [2.75, 3.05) is 0 Å². The molecule has 0 heterocycles. The molecule has 0 aromatic heterocycles. The Morgan fingerprint density at radius 2 is 1.67 bits per heavy atom. The Bertz CT molecular complexity index is 190. The molecule has 2 aliphatic carbocycles. The fraction of sp³-hybridized carbons (Fsp3) is 0.909. The van der Waals surface area contributed by atoms with E-state index in [1.165, 1.54) is 44.9 Å². The van der Waals surface area contributed by atoms with E-state index < -0.39 is 0 Å². The lowest BCUT2D eigenvalue weighted by atomic mass is 9.66. The zero-order chi connectivity index (χ0) is 8.39. The van der Waals surface area contributed by atoms with E-state index >= 15 is 0 Å². The van der Waals surface area contributed by atoms with Crippen molar-refractivity contribution in [3.05, 3.63) is 0 Å². The lowest BCUT2D eigenvalue weighted by Crippen LogP contribution is -2.30. The Labute approximate surface area is 74.8 Å². The molecule has 0 aromatic rings. The minimum atomic E-state index is 0.407. The first-order valence-corrected chi connectivity index (χ1v) is 5.31. The molecule has 0 aromatic carbocycles. The van der Waals surface area contributed by atoms with Crippen LogP contribution in [-0.2, 0) is 0 Å². The zero-order valence-electron chi connectivity index (χ0n) is 7.63. The first kappa shape index (κ1) is 8.10. The molecular formula is C11H17N. The number of nitrogens with zero attached hydrogens (tertiary/aromatic N) is 1. The zero-order valence-corrected chi connectivity index (χ0v) is 7.63. The maximum absolute atomic E-state index is 8.98. The van der Waals surface area contributed by atoms with Crippen molar-refractivity contribution in [1.29, 1.82) is 5.26 Å². The van der Waals surface area contributed by atoms with E-state index in [2.05, 4.69) is 6.07 Å². The first-order valence-electron chi connectivity index (χ1n) is 5.31. The highest BCUT2D eigenvalue weighted by atomic mass is 14.4. The predicted molar refractivity (Wildman–Crippen MR) is 48.4 cm³/mol. The van der Waals surface area contributed by atoms with Gasteiger partial charge in [-0.2, -0.15) is 5.26 Å². The molecule has 0 spiro atoms. The highest BCUT2D eigenvalue weighted by Gasteiger charge is 2.34. The van der Waals surface area contributed by atoms with Gasteiger partial charge in [0.05, 0.1) is 6.07 Å². The summed E-state index contributed by atoms with van der Waals surface area (Å²) < 4.78 is 0. The minimum absolute atomic E-state index is 0.407. The van der Waals surface area contributed by atoms with Crippen LogP contribution in [0.2, 0.25) is 0 Å². The molecule has 0 radical (unpaired) electrons. The van der Waals surface area contributed by atoms with E-state index in [1.54, 1.807) is 0 Å². The third kappa shape index (κ3) is 1.35. The molecule has 1 nitrogen and oxygen atoms in total. The van der Waals surface area contributed by atoms with E-state index in [1.807, 2.05) is 0 Å². The maximum Gasteiger partial charge on any atom is 0.0658 e. The molecule has 2 fully saturated rings. The molecule has 2 rings (SSSR count). The van der Waals surface area contributed by atoms with Gasteiger partial charge in [0.1, 0.15) is 0 Å². The van der Waals surface area contributed by atoms with Gasteiger partial charge in [-0.05, 0) is 24.7 Å². The van der Waals surface area contributed by atoms with Gasteiger partial charge in [-0.3, -0.25) is 0 Å². The van der Waals surface area contributed by atoms with Gasteiger partial charge in [-0.25, -0.2) is 0 Å². The van der Waals surface area contributed by atoms with Crippen LogP contribution in [0.5, 0.6) is 0 Å². The second kappa shape index (κ2) is 3.47. The molecule has 0 aliphatic heterocycles. The van der Waals surface area contributed by atoms with E-state index in [0.29, 0.717) is 5.92 Å². The molecule has 66 valence electrons. The SMILES string of the molecule is N#C[C@H]1CCC[C@H]2CCCCC21. The standard InChI is InChI=1S/C11H17N/c12-8-10-6-3-5-9-4-1-2-7-11(9)10/h9-11H,1-7H2/t9-,10-,11?/m1/s1. The Balaban J connectivity index is 2.05. The van der Waals surface area contributed by atoms with Crippen LogP contribution in [0.15, 0.2) is 0 Å². The van der Waals surface area contributed by atoms with Crippen molar-refractivity contribution in [3.63, 3.8) is 0 Å². The van der Waals surface area contributed by atoms with Crippen LogP contribution in [0.4, 0.5) is 0 Å². The molecule has 0 N–H and O–H groups in total. The third-order valence-electron chi connectivity index (χ3n) is 3.74. The summed E-state index contributed by atoms with van der Waals surface area (Å²) in [5.41, 5.74) is 0. The summed E-state index contributed by atoms with van der Waals surface area (Å²) in [5.74, 6) is 2.10. The van der Waals surface area contributed by atoms with Gasteiger partial charge in [0.25, 0.3) is 0 Å². The van der Waals surface area contributed by atoms with Crippen molar-refractivity contribution in [2.45, 2.75) is 44.9 Å². The monoisotopic (exact) mass is 163 g/mol. The number of fused-ring (bicyclic) bond motifs is 1. The lowest BCUT2D eigenvalue weighted by Gasteiger charge is -2.38. The minimum Gasteiger partial charge on any atom is -0.198 e. The molecule has 2 saturated carbocycles. The van der Waals surface area contributed by atoms with Crippen molar-refractivity contribution < 1.29 is 0 Å². The largest absolute Gasteiger partial charge is 0.198 e. The van der Waals surface area contributed by atoms with Gasteiger partial charge in [0, 0.05) is 5.92 Å². The van der Waals surface area contributed by atoms with Crippen molar-refractivity contribution >= 4 is 0 Å². The second-order valence-electron chi connectivity index (χ2n) is 4.37. The molecule has 1 heteroatoms. The molecule has 0 amide bonds. The lowest BCUT2D eigenvalue weighted by molar-refractivity contribution is 0.133. The average molecular weight is 163 g/mol. The van der Waals surface area contributed by atoms with E-state index in [9.17, 15) is 0 Å². The highest BCUT2D eigenvalue weighted by Crippen LogP contribution is 2.43. The van der Waals surface area contributed by atoms with Crippen LogP contribution < -0.4 is 0 Å². The Hall–Kier alpha value is -0.510. The third-order valence-corrected chi connectivity index (χ3v) is 3.74. The van der Waals surface area contributed by atoms with Crippen LogP contribution in [0.1, 0.15) is 44.9 Å². The van der Waals surface area contributed by atoms with E-state index in [4.69, 9.17) is 5.26 Å². The van der Waals surface area contributed by atoms with Gasteiger partial charge < -0.3 is 0 Å². The molecular weight excluding hydrogens is 146 g/mol. The molecule has 12 heavy (non-hydrogen) atoms. The molecule has 0 bridgehead atoms. The molecule has 2 aliphatic rings. The van der Waals surface area contributed by atoms with Crippen molar-refractivity contribution in [1.82, 2.24) is 0 Å². The Morgan fingerprint density at radius 3 is 2.50 bits per heavy atom. The fourth-order valence-corrected chi connectivity index (χ4v) is 3.10. The summed E-state index contributed by atoms with van der Waals surface area (Å²) in [6.07, 6.45) is 9.42. The predicted octanol–water partition coefficient (Wildman–Crippen LogP) is 3.12. The maximum atomic E-state index is 8.98. The normalized spacial score (nSPS) is 41.4. The van der Waals surface area contributed by atoms with Crippen LogP contribution in [-0.4, -0.2) is 0 Å². The molecule has 0 saturated heterocycles. The van der Waals surface area contributed by atoms with Crippen LogP contribution >= 0.6 is 0 Å². The summed E-state index contributed by atoms with van der Waals surface area (Å²) in [4.78, 5) is 0. The Morgan fingerprint density at radius 1 is 0.917 bits per heavy atom. The molecule has 1 unspecified atom stereocenters. The highest BCUT2D eigenvalue weighted by molar-refractivity contribution is 4.95. The van der Waals surface area contributed by atoms with E-state index in [-0.39, 0.29) is 0 Å². The quantitative estimate of drug-likeness (QED) is 0.538. The number of nitriles is 1. The summed E-state index contributed by atoms with van der Waals surface area (Å²) in [6.45, 7) is 0. The first-order chi connectivity index (χ1) is 5.92. The summed E-state index contributed by atoms with van der Waals surface area (Å²) >= 11 is 0. The van der Waals surface area contributed by atoms with Gasteiger partial charge in [-0.15, -0.1) is 0 Å².